The molecule has 0 spiro atoms. The summed E-state index contributed by atoms with van der Waals surface area (Å²) < 4.78 is 44.8. The molecule has 1 aromatic heterocycles. The van der Waals surface area contributed by atoms with E-state index in [1.807, 2.05) is 66.3 Å². The van der Waals surface area contributed by atoms with Crippen molar-refractivity contribution in [3.05, 3.63) is 84.7 Å². The number of alkyl halides is 3. The van der Waals surface area contributed by atoms with Crippen molar-refractivity contribution in [2.45, 2.75) is 18.2 Å². The second-order valence-electron chi connectivity index (χ2n) is 8.64. The molecule has 5 aromatic rings. The fourth-order valence-electron chi connectivity index (χ4n) is 4.28. The van der Waals surface area contributed by atoms with Crippen molar-refractivity contribution in [2.24, 2.45) is 0 Å². The van der Waals surface area contributed by atoms with Gasteiger partial charge in [-0.05, 0) is 78.8 Å². The maximum atomic E-state index is 12.5. The fraction of sp³-hybridized carbons (Fsp3) is 0.107. The number of aromatic nitrogens is 2. The third-order valence-electron chi connectivity index (χ3n) is 6.11. The molecule has 0 aliphatic rings. The van der Waals surface area contributed by atoms with Gasteiger partial charge in [0.1, 0.15) is 12.1 Å². The van der Waals surface area contributed by atoms with E-state index in [0.717, 1.165) is 43.6 Å². The number of imidazole rings is 1. The van der Waals surface area contributed by atoms with Crippen molar-refractivity contribution in [1.82, 2.24) is 15.0 Å². The van der Waals surface area contributed by atoms with Gasteiger partial charge in [-0.1, -0.05) is 22.9 Å². The van der Waals surface area contributed by atoms with Crippen LogP contribution in [-0.2, 0) is 0 Å². The molecule has 0 aliphatic heterocycles. The molecule has 4 aromatic carbocycles. The van der Waals surface area contributed by atoms with Gasteiger partial charge in [0.15, 0.2) is 6.72 Å². The minimum absolute atomic E-state index is 0.279. The Morgan fingerprint density at radius 1 is 1.08 bits per heavy atom. The van der Waals surface area contributed by atoms with Gasteiger partial charge in [-0.25, -0.2) is 4.98 Å². The summed E-state index contributed by atoms with van der Waals surface area (Å²) >= 11 is 7.17. The minimum atomic E-state index is -4.74. The summed E-state index contributed by atoms with van der Waals surface area (Å²) in [4.78, 5) is 5.67. The van der Waals surface area contributed by atoms with Gasteiger partial charge < -0.3 is 10.1 Å². The summed E-state index contributed by atoms with van der Waals surface area (Å²) in [6.45, 7) is 6.11. The number of ether oxygens (including phenoxy) is 1. The van der Waals surface area contributed by atoms with E-state index in [1.54, 1.807) is 34.9 Å². The topological polar surface area (TPSA) is 54.1 Å². The van der Waals surface area contributed by atoms with Crippen LogP contribution in [-0.4, -0.2) is 38.7 Å². The highest BCUT2D eigenvalue weighted by Crippen LogP contribution is 2.31. The SMILES string of the molecule is C=[N+](NC(=S)Nc1c(C)cccc1SC)c1ccc2c(ccc3c2ncn3-c2ccc(OC(F)(F)F)cc2)c1. The first-order valence-electron chi connectivity index (χ1n) is 11.7. The number of hydrogen-bond acceptors (Lipinski definition) is 4. The maximum Gasteiger partial charge on any atom is 0.573 e. The average molecular weight is 567 g/mol. The molecule has 198 valence electrons. The molecule has 0 amide bonds. The molecule has 0 radical (unpaired) electrons. The number of nitrogens with zero attached hydrogens (tertiary/aromatic N) is 3. The van der Waals surface area contributed by atoms with Crippen LogP contribution >= 0.6 is 24.0 Å². The monoisotopic (exact) mass is 566 g/mol. The highest BCUT2D eigenvalue weighted by Gasteiger charge is 2.31. The molecule has 11 heteroatoms. The number of aryl methyl sites for hydroxylation is 1. The van der Waals surface area contributed by atoms with Gasteiger partial charge in [-0.15, -0.1) is 30.4 Å². The molecule has 5 rings (SSSR count). The van der Waals surface area contributed by atoms with E-state index in [-0.39, 0.29) is 5.75 Å². The Hall–Kier alpha value is -4.09. The zero-order valence-electron chi connectivity index (χ0n) is 20.9. The van der Waals surface area contributed by atoms with E-state index in [1.165, 1.54) is 12.1 Å². The quantitative estimate of drug-likeness (QED) is 0.0737. The number of anilines is 1. The number of hydrogen-bond donors (Lipinski definition) is 2. The largest absolute Gasteiger partial charge is 0.573 e. The lowest BCUT2D eigenvalue weighted by molar-refractivity contribution is -0.477. The highest BCUT2D eigenvalue weighted by atomic mass is 32.2. The number of thiocarbonyl (C=S) groups is 1. The Bertz CT molecular complexity index is 1720. The van der Waals surface area contributed by atoms with Crippen molar-refractivity contribution < 1.29 is 22.6 Å². The number of thioether (sulfide) groups is 1. The summed E-state index contributed by atoms with van der Waals surface area (Å²) in [5, 5.41) is 5.54. The van der Waals surface area contributed by atoms with Gasteiger partial charge in [-0.2, -0.15) is 0 Å². The molecule has 39 heavy (non-hydrogen) atoms. The van der Waals surface area contributed by atoms with E-state index < -0.39 is 6.36 Å². The van der Waals surface area contributed by atoms with Gasteiger partial charge >= 0.3 is 6.36 Å². The second kappa shape index (κ2) is 10.6. The third kappa shape index (κ3) is 5.69. The molecule has 0 fully saturated rings. The normalized spacial score (nSPS) is 11.5. The van der Waals surface area contributed by atoms with E-state index in [2.05, 4.69) is 27.2 Å². The molecule has 1 heterocycles. The molecule has 0 aliphatic carbocycles. The molecule has 6 nitrogen and oxygen atoms in total. The Kier molecular flexibility index (Phi) is 7.19. The zero-order chi connectivity index (χ0) is 27.7. The Labute approximate surface area is 232 Å². The van der Waals surface area contributed by atoms with Crippen LogP contribution in [0.2, 0.25) is 0 Å². The van der Waals surface area contributed by atoms with Crippen molar-refractivity contribution in [3.8, 4) is 11.4 Å². The van der Waals surface area contributed by atoms with Crippen LogP contribution in [0.15, 0.2) is 84.0 Å². The minimum Gasteiger partial charge on any atom is -0.406 e. The molecular formula is C28H23F3N5OS2+. The molecule has 0 unspecified atom stereocenters. The van der Waals surface area contributed by atoms with Gasteiger partial charge in [0.05, 0.1) is 16.7 Å². The lowest BCUT2D eigenvalue weighted by atomic mass is 10.1. The van der Waals surface area contributed by atoms with E-state index in [9.17, 15) is 13.2 Å². The van der Waals surface area contributed by atoms with Crippen molar-refractivity contribution in [3.63, 3.8) is 0 Å². The first-order chi connectivity index (χ1) is 18.6. The predicted molar refractivity (Wildman–Crippen MR) is 155 cm³/mol. The lowest BCUT2D eigenvalue weighted by Crippen LogP contribution is -2.34. The van der Waals surface area contributed by atoms with Gasteiger partial charge in [-0.3, -0.25) is 4.57 Å². The summed E-state index contributed by atoms with van der Waals surface area (Å²) in [6.07, 6.45) is -1.08. The van der Waals surface area contributed by atoms with Crippen LogP contribution < -0.4 is 15.5 Å². The smallest absolute Gasteiger partial charge is 0.406 e. The van der Waals surface area contributed by atoms with Crippen LogP contribution in [0.25, 0.3) is 27.5 Å². The van der Waals surface area contributed by atoms with Crippen LogP contribution in [0.1, 0.15) is 5.56 Å². The number of rotatable bonds is 6. The number of nitrogens with one attached hydrogen (secondary N) is 2. The highest BCUT2D eigenvalue weighted by molar-refractivity contribution is 7.98. The van der Waals surface area contributed by atoms with Gasteiger partial charge in [0.25, 0.3) is 0 Å². The zero-order valence-corrected chi connectivity index (χ0v) is 22.5. The fourth-order valence-corrected chi connectivity index (χ4v) is 5.12. The van der Waals surface area contributed by atoms with Crippen molar-refractivity contribution in [2.75, 3.05) is 11.6 Å². The van der Waals surface area contributed by atoms with Crippen LogP contribution in [0.5, 0.6) is 5.75 Å². The Morgan fingerprint density at radius 2 is 1.85 bits per heavy atom. The summed E-state index contributed by atoms with van der Waals surface area (Å²) in [5.74, 6) is -0.279. The first-order valence-corrected chi connectivity index (χ1v) is 13.3. The van der Waals surface area contributed by atoms with E-state index in [4.69, 9.17) is 12.2 Å². The number of halogens is 3. The van der Waals surface area contributed by atoms with Crippen LogP contribution in [0.4, 0.5) is 24.5 Å². The standard InChI is InChI=1S/C28H22F3N5OS2/c1-17-5-4-6-24(39-3)25(17)33-27(38)34-35(2)20-10-13-22-18(15-20)7-14-23-26(22)32-16-36(23)19-8-11-21(12-9-19)37-28(29,30)31/h4-16H,2H2,1,3H3,(H-,33,34,38)/p+1. The van der Waals surface area contributed by atoms with Crippen molar-refractivity contribution >= 4 is 69.0 Å². The average Bonchev–Trinajstić information content (AvgIpc) is 3.33. The Morgan fingerprint density at radius 3 is 2.56 bits per heavy atom. The molecule has 0 atom stereocenters. The third-order valence-corrected chi connectivity index (χ3v) is 7.08. The number of hydrazone groups is 1. The van der Waals surface area contributed by atoms with E-state index >= 15 is 0 Å². The summed E-state index contributed by atoms with van der Waals surface area (Å²) in [7, 11) is 0. The lowest BCUT2D eigenvalue weighted by Gasteiger charge is -2.13. The molecule has 0 saturated carbocycles. The number of fused-ring (bicyclic) bond motifs is 3. The molecule has 0 saturated heterocycles. The summed E-state index contributed by atoms with van der Waals surface area (Å²) in [5.41, 5.74) is 8.18. The van der Waals surface area contributed by atoms with Gasteiger partial charge in [0.2, 0.25) is 10.8 Å². The number of benzene rings is 4. The van der Waals surface area contributed by atoms with E-state index in [0.29, 0.717) is 10.8 Å². The molecular weight excluding hydrogens is 543 g/mol. The Balaban J connectivity index is 1.36. The van der Waals surface area contributed by atoms with Crippen molar-refractivity contribution in [1.29, 1.82) is 0 Å². The summed E-state index contributed by atoms with van der Waals surface area (Å²) in [6, 6.07) is 21.4. The second-order valence-corrected chi connectivity index (χ2v) is 9.90. The van der Waals surface area contributed by atoms with Crippen LogP contribution in [0.3, 0.4) is 0 Å². The maximum absolute atomic E-state index is 12.5. The predicted octanol–water partition coefficient (Wildman–Crippen LogP) is 7.35. The first kappa shape index (κ1) is 26.5. The number of hydrazine groups is 1. The van der Waals surface area contributed by atoms with Crippen LogP contribution in [0, 0.1) is 6.92 Å². The molecule has 0 bridgehead atoms. The molecule has 2 N–H and O–H groups in total. The van der Waals surface area contributed by atoms with Gasteiger partial charge in [0, 0.05) is 28.1 Å². The number of para-hydroxylation sites is 1.